The van der Waals surface area contributed by atoms with Crippen LogP contribution in [0.4, 0.5) is 0 Å². The van der Waals surface area contributed by atoms with E-state index >= 15 is 0 Å². The number of carboxylic acids is 1. The molecule has 0 amide bonds. The first kappa shape index (κ1) is 16.8. The predicted octanol–water partition coefficient (Wildman–Crippen LogP) is -2.68. The molecular formula is C11H11NaO6. The first-order valence-electron chi connectivity index (χ1n) is 4.71. The molecule has 6 nitrogen and oxygen atoms in total. The third-order valence-corrected chi connectivity index (χ3v) is 1.84. The second kappa shape index (κ2) is 7.99. The van der Waals surface area contributed by atoms with Crippen LogP contribution in [0.2, 0.25) is 0 Å². The van der Waals surface area contributed by atoms with Gasteiger partial charge in [0.25, 0.3) is 0 Å². The van der Waals surface area contributed by atoms with E-state index < -0.39 is 30.4 Å². The molecule has 1 unspecified atom stereocenters. The van der Waals surface area contributed by atoms with Gasteiger partial charge in [-0.3, -0.25) is 4.79 Å². The van der Waals surface area contributed by atoms with Crippen LogP contribution in [0.25, 0.3) is 0 Å². The van der Waals surface area contributed by atoms with Crippen molar-refractivity contribution in [2.24, 2.45) is 0 Å². The Morgan fingerprint density at radius 3 is 2.28 bits per heavy atom. The van der Waals surface area contributed by atoms with Gasteiger partial charge < -0.3 is 16.4 Å². The Balaban J connectivity index is 0. The van der Waals surface area contributed by atoms with Gasteiger partial charge >= 0.3 is 47.5 Å². The molecule has 0 fully saturated rings. The van der Waals surface area contributed by atoms with Gasteiger partial charge in [-0.25, -0.2) is 9.59 Å². The van der Waals surface area contributed by atoms with Crippen LogP contribution in [-0.4, -0.2) is 34.2 Å². The maximum Gasteiger partial charge on any atom is 1.00 e. The number of hydrogen-bond donors (Lipinski definition) is 2. The molecule has 2 N–H and O–H groups in total. The Labute approximate surface area is 126 Å². The number of esters is 2. The van der Waals surface area contributed by atoms with E-state index in [4.69, 9.17) is 10.2 Å². The Bertz CT molecular complexity index is 436. The van der Waals surface area contributed by atoms with Crippen molar-refractivity contribution in [1.82, 2.24) is 0 Å². The Morgan fingerprint density at radius 2 is 1.78 bits per heavy atom. The van der Waals surface area contributed by atoms with E-state index in [1.165, 1.54) is 12.1 Å². The van der Waals surface area contributed by atoms with Crippen molar-refractivity contribution in [3.8, 4) is 0 Å². The average Bonchev–Trinajstić information content (AvgIpc) is 2.29. The maximum absolute atomic E-state index is 11.3. The molecule has 0 saturated carbocycles. The summed E-state index contributed by atoms with van der Waals surface area (Å²) < 4.78 is 4.31. The smallest absolute Gasteiger partial charge is 1.00 e. The summed E-state index contributed by atoms with van der Waals surface area (Å²) in [5.41, 5.74) is 0.142. The molecular weight excluding hydrogens is 251 g/mol. The normalized spacial score (nSPS) is 10.9. The molecule has 7 heteroatoms. The van der Waals surface area contributed by atoms with Crippen LogP contribution in [-0.2, 0) is 14.3 Å². The zero-order valence-electron chi connectivity index (χ0n) is 10.7. The van der Waals surface area contributed by atoms with E-state index in [0.29, 0.717) is 0 Å². The fraction of sp³-hybridized carbons (Fsp3) is 0.182. The van der Waals surface area contributed by atoms with Gasteiger partial charge in [-0.1, -0.05) is 18.2 Å². The summed E-state index contributed by atoms with van der Waals surface area (Å²) in [6, 6.07) is 7.69. The van der Waals surface area contributed by atoms with Gasteiger partial charge in [0.2, 0.25) is 0 Å². The zero-order chi connectivity index (χ0) is 12.8. The first-order chi connectivity index (χ1) is 8.00. The summed E-state index contributed by atoms with van der Waals surface area (Å²) in [6.45, 7) is 0. The van der Waals surface area contributed by atoms with Crippen LogP contribution in [0, 0.1) is 0 Å². The number of carbonyl (C=O) groups excluding carboxylic acids is 2. The van der Waals surface area contributed by atoms with Crippen LogP contribution in [0.15, 0.2) is 30.3 Å². The average molecular weight is 262 g/mol. The summed E-state index contributed by atoms with van der Waals surface area (Å²) in [5.74, 6) is -3.57. The van der Waals surface area contributed by atoms with E-state index in [1.807, 2.05) is 0 Å². The number of aliphatic hydroxyl groups excluding tert-OH is 1. The summed E-state index contributed by atoms with van der Waals surface area (Å²) >= 11 is 0. The number of carboxylic acid groups (broad SMARTS) is 1. The van der Waals surface area contributed by atoms with Crippen LogP contribution < -0.4 is 29.6 Å². The quantitative estimate of drug-likeness (QED) is 0.348. The molecule has 0 aromatic heterocycles. The van der Waals surface area contributed by atoms with Gasteiger partial charge in [0.15, 0.2) is 6.10 Å². The molecule has 0 aliphatic heterocycles. The van der Waals surface area contributed by atoms with Gasteiger partial charge in [-0.15, -0.1) is 0 Å². The molecule has 0 aliphatic carbocycles. The largest absolute Gasteiger partial charge is 1.00 e. The molecule has 0 saturated heterocycles. The minimum atomic E-state index is -1.85. The number of benzene rings is 1. The third-order valence-electron chi connectivity index (χ3n) is 1.84. The Morgan fingerprint density at radius 1 is 1.22 bits per heavy atom. The topological polar surface area (TPSA) is 101 Å². The van der Waals surface area contributed by atoms with Crippen molar-refractivity contribution in [2.75, 3.05) is 0 Å². The molecule has 18 heavy (non-hydrogen) atoms. The van der Waals surface area contributed by atoms with Crippen molar-refractivity contribution < 1.29 is 60.3 Å². The van der Waals surface area contributed by atoms with Gasteiger partial charge in [-0.05, 0) is 12.1 Å². The van der Waals surface area contributed by atoms with Crippen LogP contribution in [0.3, 0.4) is 0 Å². The second-order valence-corrected chi connectivity index (χ2v) is 3.19. The number of aliphatic carboxylic acids is 1. The van der Waals surface area contributed by atoms with Crippen LogP contribution in [0.5, 0.6) is 0 Å². The molecule has 0 aliphatic rings. The van der Waals surface area contributed by atoms with Gasteiger partial charge in [0.1, 0.15) is 0 Å². The molecule has 1 rings (SSSR count). The van der Waals surface area contributed by atoms with Crippen molar-refractivity contribution in [3.05, 3.63) is 35.9 Å². The molecule has 0 bridgehead atoms. The minimum Gasteiger partial charge on any atom is -1.00 e. The SMILES string of the molecule is O=C(O)CC(O)C(=O)OC(=O)c1ccccc1.[H-].[Na+]. The number of aliphatic hydroxyl groups is 1. The van der Waals surface area contributed by atoms with Crippen LogP contribution >= 0.6 is 0 Å². The number of hydrogen-bond acceptors (Lipinski definition) is 5. The number of ether oxygens (including phenoxy) is 1. The molecule has 1 aromatic rings. The number of rotatable bonds is 4. The van der Waals surface area contributed by atoms with E-state index in [1.54, 1.807) is 18.2 Å². The summed E-state index contributed by atoms with van der Waals surface area (Å²) in [6.07, 6.45) is -2.65. The molecule has 1 atom stereocenters. The third kappa shape index (κ3) is 5.42. The predicted molar refractivity (Wildman–Crippen MR) is 56.2 cm³/mol. The minimum absolute atomic E-state index is 0. The molecule has 0 heterocycles. The van der Waals surface area contributed by atoms with Crippen molar-refractivity contribution in [3.63, 3.8) is 0 Å². The first-order valence-corrected chi connectivity index (χ1v) is 4.71. The monoisotopic (exact) mass is 262 g/mol. The van der Waals surface area contributed by atoms with E-state index in [0.717, 1.165) is 0 Å². The molecule has 1 aromatic carbocycles. The van der Waals surface area contributed by atoms with Crippen molar-refractivity contribution in [2.45, 2.75) is 12.5 Å². The van der Waals surface area contributed by atoms with E-state index in [9.17, 15) is 14.4 Å². The van der Waals surface area contributed by atoms with E-state index in [2.05, 4.69) is 4.74 Å². The fourth-order valence-electron chi connectivity index (χ4n) is 1.04. The molecule has 0 radical (unpaired) electrons. The Hall–Kier alpha value is -1.21. The summed E-state index contributed by atoms with van der Waals surface area (Å²) in [7, 11) is 0. The summed E-state index contributed by atoms with van der Waals surface area (Å²) in [5, 5.41) is 17.4. The fourth-order valence-corrected chi connectivity index (χ4v) is 1.04. The Kier molecular flexibility index (Phi) is 7.45. The van der Waals surface area contributed by atoms with Gasteiger partial charge in [0.05, 0.1) is 12.0 Å². The summed E-state index contributed by atoms with van der Waals surface area (Å²) in [4.78, 5) is 32.7. The van der Waals surface area contributed by atoms with Crippen molar-refractivity contribution in [1.29, 1.82) is 0 Å². The zero-order valence-corrected chi connectivity index (χ0v) is 11.7. The standard InChI is InChI=1S/C11H10O6.Na.H/c12-8(6-9(13)14)11(16)17-10(15)7-4-2-1-3-5-7;;/h1-5,8,12H,6H2,(H,13,14);;/q;+1;-1. The molecule has 92 valence electrons. The van der Waals surface area contributed by atoms with Gasteiger partial charge in [-0.2, -0.15) is 0 Å². The molecule has 0 spiro atoms. The second-order valence-electron chi connectivity index (χ2n) is 3.19. The maximum atomic E-state index is 11.3. The van der Waals surface area contributed by atoms with Crippen LogP contribution in [0.1, 0.15) is 18.2 Å². The van der Waals surface area contributed by atoms with E-state index in [-0.39, 0.29) is 36.5 Å². The number of carbonyl (C=O) groups is 3. The van der Waals surface area contributed by atoms with Gasteiger partial charge in [0, 0.05) is 0 Å². The van der Waals surface area contributed by atoms with Crippen molar-refractivity contribution >= 4 is 17.9 Å².